The van der Waals surface area contributed by atoms with E-state index in [9.17, 15) is 4.79 Å². The van der Waals surface area contributed by atoms with E-state index in [1.54, 1.807) is 23.9 Å². The standard InChI is InChI=1S/C12H18N2O2S/c1-12(2,17-3)7-14-10-5-4-8(13)6-9(10)11(15)16/h4-6,14H,7,13H2,1-3H3,(H,15,16). The number of rotatable bonds is 5. The molecule has 0 saturated heterocycles. The van der Waals surface area contributed by atoms with Crippen LogP contribution in [0.1, 0.15) is 24.2 Å². The lowest BCUT2D eigenvalue weighted by molar-refractivity contribution is 0.0698. The molecule has 4 nitrogen and oxygen atoms in total. The molecule has 0 fully saturated rings. The van der Waals surface area contributed by atoms with Gasteiger partial charge in [0.25, 0.3) is 0 Å². The van der Waals surface area contributed by atoms with Crippen molar-refractivity contribution < 1.29 is 9.90 Å². The summed E-state index contributed by atoms with van der Waals surface area (Å²) in [5.41, 5.74) is 6.85. The molecule has 0 aromatic heterocycles. The summed E-state index contributed by atoms with van der Waals surface area (Å²) >= 11 is 1.73. The second-order valence-corrected chi connectivity index (χ2v) is 5.94. The number of nitrogen functional groups attached to an aromatic ring is 1. The summed E-state index contributed by atoms with van der Waals surface area (Å²) in [4.78, 5) is 11.1. The Morgan fingerprint density at radius 2 is 2.18 bits per heavy atom. The van der Waals surface area contributed by atoms with Crippen LogP contribution in [0.5, 0.6) is 0 Å². The Kier molecular flexibility index (Phi) is 4.28. The van der Waals surface area contributed by atoms with Crippen molar-refractivity contribution >= 4 is 29.1 Å². The molecule has 1 aromatic carbocycles. The highest BCUT2D eigenvalue weighted by Gasteiger charge is 2.17. The van der Waals surface area contributed by atoms with Gasteiger partial charge in [-0.3, -0.25) is 0 Å². The minimum atomic E-state index is -0.971. The highest BCUT2D eigenvalue weighted by atomic mass is 32.2. The van der Waals surface area contributed by atoms with Crippen molar-refractivity contribution in [3.05, 3.63) is 23.8 Å². The van der Waals surface area contributed by atoms with Crippen LogP contribution in [0, 0.1) is 0 Å². The topological polar surface area (TPSA) is 75.3 Å². The maximum Gasteiger partial charge on any atom is 0.337 e. The zero-order valence-corrected chi connectivity index (χ0v) is 11.1. The summed E-state index contributed by atoms with van der Waals surface area (Å²) in [7, 11) is 0. The number of anilines is 2. The lowest BCUT2D eigenvalue weighted by Gasteiger charge is -2.23. The number of carbonyl (C=O) groups is 1. The molecule has 0 heterocycles. The van der Waals surface area contributed by atoms with Crippen LogP contribution in [0.4, 0.5) is 11.4 Å². The van der Waals surface area contributed by atoms with E-state index in [0.29, 0.717) is 17.9 Å². The van der Waals surface area contributed by atoms with Gasteiger partial charge in [-0.05, 0) is 38.3 Å². The quantitative estimate of drug-likeness (QED) is 0.704. The molecule has 1 rings (SSSR count). The average molecular weight is 254 g/mol. The smallest absolute Gasteiger partial charge is 0.337 e. The monoisotopic (exact) mass is 254 g/mol. The van der Waals surface area contributed by atoms with Crippen LogP contribution in [0.2, 0.25) is 0 Å². The fraction of sp³-hybridized carbons (Fsp3) is 0.417. The molecule has 0 radical (unpaired) electrons. The van der Waals surface area contributed by atoms with Crippen LogP contribution >= 0.6 is 11.8 Å². The first-order valence-electron chi connectivity index (χ1n) is 5.27. The fourth-order valence-electron chi connectivity index (χ4n) is 1.27. The number of hydrogen-bond donors (Lipinski definition) is 3. The lowest BCUT2D eigenvalue weighted by atomic mass is 10.1. The number of thioether (sulfide) groups is 1. The molecule has 0 aliphatic rings. The maximum atomic E-state index is 11.1. The Hall–Kier alpha value is -1.36. The minimum absolute atomic E-state index is 0.0527. The second-order valence-electron chi connectivity index (χ2n) is 4.43. The van der Waals surface area contributed by atoms with Gasteiger partial charge < -0.3 is 16.2 Å². The molecule has 0 spiro atoms. The van der Waals surface area contributed by atoms with Gasteiger partial charge >= 0.3 is 5.97 Å². The highest BCUT2D eigenvalue weighted by molar-refractivity contribution is 7.99. The normalized spacial score (nSPS) is 11.2. The van der Waals surface area contributed by atoms with Gasteiger partial charge in [0.15, 0.2) is 0 Å². The van der Waals surface area contributed by atoms with Crippen LogP contribution in [0.25, 0.3) is 0 Å². The molecule has 0 unspecified atom stereocenters. The predicted molar refractivity (Wildman–Crippen MR) is 73.9 cm³/mol. The predicted octanol–water partition coefficient (Wildman–Crippen LogP) is 2.52. The van der Waals surface area contributed by atoms with Gasteiger partial charge in [0.05, 0.1) is 5.56 Å². The van der Waals surface area contributed by atoms with Crippen molar-refractivity contribution in [2.75, 3.05) is 23.9 Å². The summed E-state index contributed by atoms with van der Waals surface area (Å²) in [6, 6.07) is 4.87. The summed E-state index contributed by atoms with van der Waals surface area (Å²) in [6.45, 7) is 4.89. The summed E-state index contributed by atoms with van der Waals surface area (Å²) in [5, 5.41) is 12.2. The van der Waals surface area contributed by atoms with Crippen molar-refractivity contribution in [2.24, 2.45) is 0 Å². The maximum absolute atomic E-state index is 11.1. The third-order valence-electron chi connectivity index (χ3n) is 2.53. The molecule has 94 valence electrons. The Morgan fingerprint density at radius 1 is 1.53 bits per heavy atom. The van der Waals surface area contributed by atoms with Crippen molar-refractivity contribution in [3.63, 3.8) is 0 Å². The zero-order valence-electron chi connectivity index (χ0n) is 10.3. The molecule has 0 bridgehead atoms. The van der Waals surface area contributed by atoms with Gasteiger partial charge in [-0.1, -0.05) is 0 Å². The van der Waals surface area contributed by atoms with E-state index in [2.05, 4.69) is 19.2 Å². The van der Waals surface area contributed by atoms with E-state index < -0.39 is 5.97 Å². The number of hydrogen-bond acceptors (Lipinski definition) is 4. The van der Waals surface area contributed by atoms with Gasteiger partial charge in [0.2, 0.25) is 0 Å². The lowest BCUT2D eigenvalue weighted by Crippen LogP contribution is -2.26. The number of nitrogens with one attached hydrogen (secondary N) is 1. The first-order valence-corrected chi connectivity index (χ1v) is 6.50. The third-order valence-corrected chi connectivity index (χ3v) is 3.78. The van der Waals surface area contributed by atoms with E-state index in [1.807, 2.05) is 6.26 Å². The van der Waals surface area contributed by atoms with Gasteiger partial charge in [0.1, 0.15) is 0 Å². The Balaban J connectivity index is 2.88. The molecule has 1 aromatic rings. The molecule has 5 heteroatoms. The molecule has 0 atom stereocenters. The van der Waals surface area contributed by atoms with E-state index in [0.717, 1.165) is 0 Å². The van der Waals surface area contributed by atoms with Crippen molar-refractivity contribution in [1.82, 2.24) is 0 Å². The van der Waals surface area contributed by atoms with Crippen molar-refractivity contribution in [1.29, 1.82) is 0 Å². The van der Waals surface area contributed by atoms with Crippen molar-refractivity contribution in [3.8, 4) is 0 Å². The van der Waals surface area contributed by atoms with Crippen LogP contribution in [0.15, 0.2) is 18.2 Å². The Morgan fingerprint density at radius 3 is 2.71 bits per heavy atom. The molecular weight excluding hydrogens is 236 g/mol. The van der Waals surface area contributed by atoms with Crippen LogP contribution in [0.3, 0.4) is 0 Å². The first-order chi connectivity index (χ1) is 7.85. The van der Waals surface area contributed by atoms with Crippen LogP contribution in [-0.4, -0.2) is 28.6 Å². The van der Waals surface area contributed by atoms with E-state index in [1.165, 1.54) is 6.07 Å². The van der Waals surface area contributed by atoms with Gasteiger partial charge in [-0.2, -0.15) is 11.8 Å². The largest absolute Gasteiger partial charge is 0.478 e. The van der Waals surface area contributed by atoms with Gasteiger partial charge in [-0.25, -0.2) is 4.79 Å². The minimum Gasteiger partial charge on any atom is -0.478 e. The number of benzene rings is 1. The van der Waals surface area contributed by atoms with Crippen LogP contribution in [-0.2, 0) is 0 Å². The van der Waals surface area contributed by atoms with E-state index in [4.69, 9.17) is 10.8 Å². The molecule has 0 saturated carbocycles. The van der Waals surface area contributed by atoms with Gasteiger partial charge in [-0.15, -0.1) is 0 Å². The summed E-state index contributed by atoms with van der Waals surface area (Å²) < 4.78 is 0.0527. The molecule has 17 heavy (non-hydrogen) atoms. The first kappa shape index (κ1) is 13.7. The average Bonchev–Trinajstić information content (AvgIpc) is 2.27. The Bertz CT molecular complexity index is 419. The molecule has 0 amide bonds. The van der Waals surface area contributed by atoms with Crippen LogP contribution < -0.4 is 11.1 Å². The molecule has 0 aliphatic heterocycles. The highest BCUT2D eigenvalue weighted by Crippen LogP contribution is 2.24. The number of nitrogens with two attached hydrogens (primary N) is 1. The third kappa shape index (κ3) is 3.85. The van der Waals surface area contributed by atoms with Gasteiger partial charge in [0, 0.05) is 22.7 Å². The molecule has 0 aliphatic carbocycles. The fourth-order valence-corrected chi connectivity index (χ4v) is 1.49. The second kappa shape index (κ2) is 5.31. The SMILES string of the molecule is CSC(C)(C)CNc1ccc(N)cc1C(=O)O. The summed E-state index contributed by atoms with van der Waals surface area (Å²) in [5.74, 6) is -0.971. The Labute approximate surface area is 106 Å². The number of carboxylic acids is 1. The summed E-state index contributed by atoms with van der Waals surface area (Å²) in [6.07, 6.45) is 2.03. The number of carboxylic acid groups (broad SMARTS) is 1. The molecule has 4 N–H and O–H groups in total. The molecular formula is C12H18N2O2S. The van der Waals surface area contributed by atoms with Crippen molar-refractivity contribution in [2.45, 2.75) is 18.6 Å². The zero-order chi connectivity index (χ0) is 13.1. The van der Waals surface area contributed by atoms with E-state index in [-0.39, 0.29) is 10.3 Å². The number of aromatic carboxylic acids is 1. The van der Waals surface area contributed by atoms with E-state index >= 15 is 0 Å².